The van der Waals surface area contributed by atoms with Crippen molar-refractivity contribution in [1.82, 2.24) is 19.9 Å². The summed E-state index contributed by atoms with van der Waals surface area (Å²) >= 11 is 0. The molecule has 158 valence electrons. The van der Waals surface area contributed by atoms with Gasteiger partial charge in [-0.2, -0.15) is 4.98 Å². The molecule has 2 aromatic carbocycles. The fourth-order valence-electron chi connectivity index (χ4n) is 3.66. The van der Waals surface area contributed by atoms with Gasteiger partial charge in [-0.05, 0) is 49.3 Å². The number of rotatable bonds is 6. The molecule has 0 atom stereocenters. The summed E-state index contributed by atoms with van der Waals surface area (Å²) in [5.74, 6) is 1.26. The predicted octanol–water partition coefficient (Wildman–Crippen LogP) is 2.85. The lowest BCUT2D eigenvalue weighted by Crippen LogP contribution is -2.30. The van der Waals surface area contributed by atoms with E-state index in [1.165, 1.54) is 6.26 Å². The molecule has 0 radical (unpaired) electrons. The molecule has 0 aliphatic carbocycles. The summed E-state index contributed by atoms with van der Waals surface area (Å²) in [6, 6.07) is 17.0. The van der Waals surface area contributed by atoms with Gasteiger partial charge in [-0.1, -0.05) is 35.5 Å². The lowest BCUT2D eigenvalue weighted by Gasteiger charge is -2.21. The first-order valence-corrected chi connectivity index (χ1v) is 12.0. The molecule has 7 nitrogen and oxygen atoms in total. The molecule has 0 spiro atoms. The molecule has 4 rings (SSSR count). The fourth-order valence-corrected chi connectivity index (χ4v) is 4.29. The van der Waals surface area contributed by atoms with Gasteiger partial charge in [0.15, 0.2) is 15.7 Å². The molecule has 0 saturated carbocycles. The van der Waals surface area contributed by atoms with Gasteiger partial charge in [0.2, 0.25) is 0 Å². The van der Waals surface area contributed by atoms with Gasteiger partial charge in [-0.15, -0.1) is 0 Å². The van der Waals surface area contributed by atoms with Crippen LogP contribution in [-0.4, -0.2) is 60.8 Å². The van der Waals surface area contributed by atoms with E-state index in [1.807, 2.05) is 42.5 Å². The van der Waals surface area contributed by atoms with Crippen LogP contribution in [0.15, 0.2) is 64.0 Å². The van der Waals surface area contributed by atoms with Crippen LogP contribution in [0.1, 0.15) is 17.8 Å². The van der Waals surface area contributed by atoms with Crippen LogP contribution in [-0.2, 0) is 22.9 Å². The molecular weight excluding hydrogens is 400 g/mol. The zero-order chi connectivity index (χ0) is 21.0. The summed E-state index contributed by atoms with van der Waals surface area (Å²) in [6.07, 6.45) is 2.29. The van der Waals surface area contributed by atoms with Gasteiger partial charge in [0.05, 0.1) is 11.4 Å². The van der Waals surface area contributed by atoms with Crippen molar-refractivity contribution in [3.63, 3.8) is 0 Å². The van der Waals surface area contributed by atoms with E-state index in [4.69, 9.17) is 4.52 Å². The maximum absolute atomic E-state index is 11.6. The zero-order valence-electron chi connectivity index (χ0n) is 17.1. The van der Waals surface area contributed by atoms with Crippen molar-refractivity contribution in [3.8, 4) is 11.5 Å². The van der Waals surface area contributed by atoms with E-state index in [9.17, 15) is 8.42 Å². The van der Waals surface area contributed by atoms with Crippen LogP contribution in [0.25, 0.3) is 11.5 Å². The predicted molar refractivity (Wildman–Crippen MR) is 114 cm³/mol. The van der Waals surface area contributed by atoms with Gasteiger partial charge in [0.1, 0.15) is 0 Å². The molecule has 1 fully saturated rings. The standard InChI is InChI=1S/C22H26N4O3S/c1-30(27,28)20-10-8-18(9-11-20)16-25-12-5-13-26(15-14-25)17-21-23-22(29-24-21)19-6-3-2-4-7-19/h2-4,6-11H,5,12-17H2,1H3. The Balaban J connectivity index is 1.32. The van der Waals surface area contributed by atoms with Crippen molar-refractivity contribution in [1.29, 1.82) is 0 Å². The van der Waals surface area contributed by atoms with Crippen LogP contribution in [0.4, 0.5) is 0 Å². The molecule has 1 aliphatic heterocycles. The Morgan fingerprint density at radius 1 is 0.900 bits per heavy atom. The average molecular weight is 427 g/mol. The Labute approximate surface area is 177 Å². The topological polar surface area (TPSA) is 79.5 Å². The van der Waals surface area contributed by atoms with Gasteiger partial charge < -0.3 is 4.52 Å². The summed E-state index contributed by atoms with van der Waals surface area (Å²) in [5.41, 5.74) is 2.06. The summed E-state index contributed by atoms with van der Waals surface area (Å²) in [6.45, 7) is 5.35. The van der Waals surface area contributed by atoms with Crippen molar-refractivity contribution >= 4 is 9.84 Å². The van der Waals surface area contributed by atoms with Gasteiger partial charge in [0, 0.05) is 31.5 Å². The van der Waals surface area contributed by atoms with Crippen molar-refractivity contribution in [2.45, 2.75) is 24.4 Å². The number of sulfone groups is 1. The second kappa shape index (κ2) is 9.07. The lowest BCUT2D eigenvalue weighted by atomic mass is 10.2. The van der Waals surface area contributed by atoms with Crippen molar-refractivity contribution in [2.75, 3.05) is 32.4 Å². The van der Waals surface area contributed by atoms with E-state index in [1.54, 1.807) is 12.1 Å². The number of nitrogens with zero attached hydrogens (tertiary/aromatic N) is 4. The second-order valence-corrected chi connectivity index (χ2v) is 9.72. The Morgan fingerprint density at radius 3 is 2.23 bits per heavy atom. The van der Waals surface area contributed by atoms with E-state index in [2.05, 4.69) is 19.9 Å². The highest BCUT2D eigenvalue weighted by Crippen LogP contribution is 2.18. The second-order valence-electron chi connectivity index (χ2n) is 7.70. The first kappa shape index (κ1) is 20.7. The SMILES string of the molecule is CS(=O)(=O)c1ccc(CN2CCCN(Cc3noc(-c4ccccc4)n3)CC2)cc1. The third kappa shape index (κ3) is 5.33. The largest absolute Gasteiger partial charge is 0.334 e. The van der Waals surface area contributed by atoms with Crippen molar-refractivity contribution in [2.24, 2.45) is 0 Å². The van der Waals surface area contributed by atoms with Crippen LogP contribution in [0.3, 0.4) is 0 Å². The van der Waals surface area contributed by atoms with Crippen LogP contribution in [0.2, 0.25) is 0 Å². The van der Waals surface area contributed by atoms with Gasteiger partial charge in [-0.3, -0.25) is 9.80 Å². The lowest BCUT2D eigenvalue weighted by molar-refractivity contribution is 0.241. The normalized spacial score (nSPS) is 16.4. The quantitative estimate of drug-likeness (QED) is 0.600. The Bertz CT molecular complexity index is 1070. The number of aromatic nitrogens is 2. The Hall–Kier alpha value is -2.55. The molecule has 1 aliphatic rings. The molecular formula is C22H26N4O3S. The van der Waals surface area contributed by atoms with Gasteiger partial charge >= 0.3 is 0 Å². The molecule has 0 unspecified atom stereocenters. The minimum atomic E-state index is -3.15. The molecule has 0 bridgehead atoms. The molecule has 3 aromatic rings. The molecule has 0 N–H and O–H groups in total. The van der Waals surface area contributed by atoms with E-state index in [0.717, 1.165) is 50.3 Å². The molecule has 30 heavy (non-hydrogen) atoms. The third-order valence-electron chi connectivity index (χ3n) is 5.29. The highest BCUT2D eigenvalue weighted by Gasteiger charge is 2.18. The van der Waals surface area contributed by atoms with E-state index >= 15 is 0 Å². The fraction of sp³-hybridized carbons (Fsp3) is 0.364. The smallest absolute Gasteiger partial charge is 0.257 e. The number of hydrogen-bond acceptors (Lipinski definition) is 7. The monoisotopic (exact) mass is 426 g/mol. The highest BCUT2D eigenvalue weighted by molar-refractivity contribution is 7.90. The van der Waals surface area contributed by atoms with Crippen LogP contribution < -0.4 is 0 Å². The van der Waals surface area contributed by atoms with Gasteiger partial charge in [-0.25, -0.2) is 8.42 Å². The van der Waals surface area contributed by atoms with Crippen LogP contribution in [0.5, 0.6) is 0 Å². The van der Waals surface area contributed by atoms with Crippen LogP contribution in [0, 0.1) is 0 Å². The minimum absolute atomic E-state index is 0.364. The maximum atomic E-state index is 11.6. The summed E-state index contributed by atoms with van der Waals surface area (Å²) in [4.78, 5) is 9.66. The zero-order valence-corrected chi connectivity index (χ0v) is 17.9. The molecule has 8 heteroatoms. The van der Waals surface area contributed by atoms with E-state index < -0.39 is 9.84 Å². The minimum Gasteiger partial charge on any atom is -0.334 e. The Kier molecular flexibility index (Phi) is 6.26. The van der Waals surface area contributed by atoms with Crippen LogP contribution >= 0.6 is 0 Å². The third-order valence-corrected chi connectivity index (χ3v) is 6.42. The first-order valence-electron chi connectivity index (χ1n) is 10.1. The average Bonchev–Trinajstić information content (AvgIpc) is 3.09. The van der Waals surface area contributed by atoms with E-state index in [-0.39, 0.29) is 0 Å². The molecule has 0 amide bonds. The first-order chi connectivity index (χ1) is 14.5. The van der Waals surface area contributed by atoms with E-state index in [0.29, 0.717) is 23.2 Å². The molecule has 1 aromatic heterocycles. The summed E-state index contributed by atoms with van der Waals surface area (Å²) < 4.78 is 28.6. The maximum Gasteiger partial charge on any atom is 0.257 e. The van der Waals surface area contributed by atoms with Crippen molar-refractivity contribution in [3.05, 3.63) is 66.0 Å². The Morgan fingerprint density at radius 2 is 1.57 bits per heavy atom. The number of hydrogen-bond donors (Lipinski definition) is 0. The molecule has 2 heterocycles. The summed E-state index contributed by atoms with van der Waals surface area (Å²) in [7, 11) is -3.15. The number of benzene rings is 2. The highest BCUT2D eigenvalue weighted by atomic mass is 32.2. The van der Waals surface area contributed by atoms with Gasteiger partial charge in [0.25, 0.3) is 5.89 Å². The van der Waals surface area contributed by atoms with Crippen molar-refractivity contribution < 1.29 is 12.9 Å². The molecule has 1 saturated heterocycles. The summed E-state index contributed by atoms with van der Waals surface area (Å²) in [5, 5.41) is 4.14.